The number of carbonyl (C=O) groups excluding carboxylic acids is 2. The SMILES string of the molecule is O=C1CCC(C(=O)N2CCCCC2C(=O)O)N1. The number of likely N-dealkylation sites (tertiary alicyclic amines) is 1. The van der Waals surface area contributed by atoms with Crippen LogP contribution in [0, 0.1) is 0 Å². The van der Waals surface area contributed by atoms with Gasteiger partial charge in [0.1, 0.15) is 12.1 Å². The van der Waals surface area contributed by atoms with Gasteiger partial charge in [0.2, 0.25) is 11.8 Å². The molecule has 0 radical (unpaired) electrons. The molecule has 2 unspecified atom stereocenters. The summed E-state index contributed by atoms with van der Waals surface area (Å²) in [6, 6.07) is -1.25. The van der Waals surface area contributed by atoms with Gasteiger partial charge in [-0.1, -0.05) is 0 Å². The molecule has 0 aromatic rings. The van der Waals surface area contributed by atoms with E-state index in [-0.39, 0.29) is 11.8 Å². The highest BCUT2D eigenvalue weighted by molar-refractivity contribution is 5.93. The van der Waals surface area contributed by atoms with E-state index in [2.05, 4.69) is 5.32 Å². The summed E-state index contributed by atoms with van der Waals surface area (Å²) < 4.78 is 0. The summed E-state index contributed by atoms with van der Waals surface area (Å²) in [6.07, 6.45) is 2.98. The van der Waals surface area contributed by atoms with Gasteiger partial charge in [0, 0.05) is 13.0 Å². The minimum Gasteiger partial charge on any atom is -0.480 e. The fraction of sp³-hybridized carbons (Fsp3) is 0.727. The fourth-order valence-electron chi connectivity index (χ4n) is 2.45. The van der Waals surface area contributed by atoms with Crippen LogP contribution in [-0.4, -0.2) is 46.4 Å². The van der Waals surface area contributed by atoms with Crippen molar-refractivity contribution in [3.05, 3.63) is 0 Å². The molecule has 2 aliphatic heterocycles. The second-order valence-corrected chi connectivity index (χ2v) is 4.54. The Kier molecular flexibility index (Phi) is 3.31. The van der Waals surface area contributed by atoms with Crippen molar-refractivity contribution in [2.75, 3.05) is 6.54 Å². The van der Waals surface area contributed by atoms with Gasteiger partial charge in [-0.05, 0) is 25.7 Å². The van der Waals surface area contributed by atoms with Crippen molar-refractivity contribution >= 4 is 17.8 Å². The molecule has 17 heavy (non-hydrogen) atoms. The maximum atomic E-state index is 12.1. The average molecular weight is 240 g/mol. The van der Waals surface area contributed by atoms with Crippen LogP contribution in [0.1, 0.15) is 32.1 Å². The topological polar surface area (TPSA) is 86.7 Å². The van der Waals surface area contributed by atoms with E-state index in [0.717, 1.165) is 12.8 Å². The van der Waals surface area contributed by atoms with Gasteiger partial charge >= 0.3 is 5.97 Å². The monoisotopic (exact) mass is 240 g/mol. The van der Waals surface area contributed by atoms with E-state index >= 15 is 0 Å². The largest absolute Gasteiger partial charge is 0.480 e. The highest BCUT2D eigenvalue weighted by Crippen LogP contribution is 2.20. The summed E-state index contributed by atoms with van der Waals surface area (Å²) in [5, 5.41) is 11.7. The number of hydrogen-bond donors (Lipinski definition) is 2. The molecule has 2 rings (SSSR count). The third kappa shape index (κ3) is 2.40. The zero-order chi connectivity index (χ0) is 12.4. The second-order valence-electron chi connectivity index (χ2n) is 4.54. The molecule has 2 N–H and O–H groups in total. The van der Waals surface area contributed by atoms with Gasteiger partial charge < -0.3 is 15.3 Å². The Morgan fingerprint density at radius 2 is 2.06 bits per heavy atom. The first-order valence-corrected chi connectivity index (χ1v) is 5.92. The van der Waals surface area contributed by atoms with E-state index in [1.54, 1.807) is 0 Å². The summed E-state index contributed by atoms with van der Waals surface area (Å²) >= 11 is 0. The number of nitrogens with zero attached hydrogens (tertiary/aromatic N) is 1. The molecule has 6 nitrogen and oxygen atoms in total. The Morgan fingerprint density at radius 1 is 1.29 bits per heavy atom. The maximum Gasteiger partial charge on any atom is 0.326 e. The first kappa shape index (κ1) is 11.9. The van der Waals surface area contributed by atoms with Crippen molar-refractivity contribution in [3.8, 4) is 0 Å². The third-order valence-electron chi connectivity index (χ3n) is 3.36. The van der Waals surface area contributed by atoms with E-state index in [4.69, 9.17) is 5.11 Å². The smallest absolute Gasteiger partial charge is 0.326 e. The van der Waals surface area contributed by atoms with Crippen LogP contribution in [0.5, 0.6) is 0 Å². The molecule has 2 heterocycles. The van der Waals surface area contributed by atoms with Crippen LogP contribution in [0.2, 0.25) is 0 Å². The van der Waals surface area contributed by atoms with Gasteiger partial charge in [-0.25, -0.2) is 4.79 Å². The number of amides is 2. The van der Waals surface area contributed by atoms with Crippen LogP contribution in [0.4, 0.5) is 0 Å². The number of nitrogens with one attached hydrogen (secondary N) is 1. The molecule has 2 atom stereocenters. The lowest BCUT2D eigenvalue weighted by Gasteiger charge is -2.34. The molecule has 0 aliphatic carbocycles. The molecule has 2 fully saturated rings. The summed E-state index contributed by atoms with van der Waals surface area (Å²) in [5.41, 5.74) is 0. The van der Waals surface area contributed by atoms with E-state index in [0.29, 0.717) is 25.8 Å². The molecule has 2 amide bonds. The van der Waals surface area contributed by atoms with Crippen molar-refractivity contribution < 1.29 is 19.5 Å². The lowest BCUT2D eigenvalue weighted by molar-refractivity contribution is -0.152. The van der Waals surface area contributed by atoms with E-state index in [1.165, 1.54) is 4.90 Å². The number of piperidine rings is 1. The van der Waals surface area contributed by atoms with Crippen LogP contribution in [0.25, 0.3) is 0 Å². The summed E-state index contributed by atoms with van der Waals surface area (Å²) in [6.45, 7) is 0.474. The van der Waals surface area contributed by atoms with Gasteiger partial charge in [0.05, 0.1) is 0 Å². The first-order valence-electron chi connectivity index (χ1n) is 5.92. The second kappa shape index (κ2) is 4.73. The molecule has 0 spiro atoms. The number of carbonyl (C=O) groups is 3. The Balaban J connectivity index is 2.06. The lowest BCUT2D eigenvalue weighted by Crippen LogP contribution is -2.53. The van der Waals surface area contributed by atoms with Crippen LogP contribution in [0.15, 0.2) is 0 Å². The van der Waals surface area contributed by atoms with E-state index < -0.39 is 18.1 Å². The number of rotatable bonds is 2. The predicted octanol–water partition coefficient (Wildman–Crippen LogP) is -0.269. The predicted molar refractivity (Wildman–Crippen MR) is 58.2 cm³/mol. The fourth-order valence-corrected chi connectivity index (χ4v) is 2.45. The van der Waals surface area contributed by atoms with Gasteiger partial charge in [-0.2, -0.15) is 0 Å². The van der Waals surface area contributed by atoms with Crippen molar-refractivity contribution in [2.45, 2.75) is 44.2 Å². The normalized spacial score (nSPS) is 28.9. The average Bonchev–Trinajstić information content (AvgIpc) is 2.75. The summed E-state index contributed by atoms with van der Waals surface area (Å²) in [4.78, 5) is 35.6. The summed E-state index contributed by atoms with van der Waals surface area (Å²) in [7, 11) is 0. The minimum absolute atomic E-state index is 0.132. The van der Waals surface area contributed by atoms with E-state index in [1.807, 2.05) is 0 Å². The molecular weight excluding hydrogens is 224 g/mol. The molecule has 0 aromatic heterocycles. The third-order valence-corrected chi connectivity index (χ3v) is 3.36. The first-order chi connectivity index (χ1) is 8.09. The van der Waals surface area contributed by atoms with Crippen molar-refractivity contribution in [1.29, 1.82) is 0 Å². The van der Waals surface area contributed by atoms with Crippen LogP contribution in [0.3, 0.4) is 0 Å². The van der Waals surface area contributed by atoms with Crippen molar-refractivity contribution in [3.63, 3.8) is 0 Å². The maximum absolute atomic E-state index is 12.1. The molecule has 2 saturated heterocycles. The zero-order valence-corrected chi connectivity index (χ0v) is 9.52. The van der Waals surface area contributed by atoms with Gasteiger partial charge in [0.25, 0.3) is 0 Å². The van der Waals surface area contributed by atoms with Gasteiger partial charge in [-0.15, -0.1) is 0 Å². The summed E-state index contributed by atoms with van der Waals surface area (Å²) in [5.74, 6) is -1.34. The number of carboxylic acids is 1. The Morgan fingerprint density at radius 3 is 2.65 bits per heavy atom. The number of carboxylic acid groups (broad SMARTS) is 1. The van der Waals surface area contributed by atoms with Crippen LogP contribution >= 0.6 is 0 Å². The minimum atomic E-state index is -0.956. The van der Waals surface area contributed by atoms with Gasteiger partial charge in [-0.3, -0.25) is 9.59 Å². The zero-order valence-electron chi connectivity index (χ0n) is 9.52. The molecule has 0 bridgehead atoms. The molecule has 94 valence electrons. The number of aliphatic carboxylic acids is 1. The highest BCUT2D eigenvalue weighted by Gasteiger charge is 2.37. The molecular formula is C11H16N2O4. The highest BCUT2D eigenvalue weighted by atomic mass is 16.4. The Hall–Kier alpha value is -1.59. The lowest BCUT2D eigenvalue weighted by atomic mass is 10.0. The Bertz CT molecular complexity index is 355. The van der Waals surface area contributed by atoms with Crippen LogP contribution < -0.4 is 5.32 Å². The van der Waals surface area contributed by atoms with Gasteiger partial charge in [0.15, 0.2) is 0 Å². The molecule has 6 heteroatoms. The van der Waals surface area contributed by atoms with E-state index in [9.17, 15) is 14.4 Å². The Labute approximate surface area is 99.0 Å². The quantitative estimate of drug-likeness (QED) is 0.695. The molecule has 2 aliphatic rings. The standard InChI is InChI=1S/C11H16N2O4/c14-9-5-4-7(12-9)10(15)13-6-2-1-3-8(13)11(16)17/h7-8H,1-6H2,(H,12,14)(H,16,17). The van der Waals surface area contributed by atoms with Crippen molar-refractivity contribution in [2.24, 2.45) is 0 Å². The number of hydrogen-bond acceptors (Lipinski definition) is 3. The van der Waals surface area contributed by atoms with Crippen LogP contribution in [-0.2, 0) is 14.4 Å². The van der Waals surface area contributed by atoms with Crippen molar-refractivity contribution in [1.82, 2.24) is 10.2 Å². The molecule has 0 saturated carbocycles. The molecule has 0 aromatic carbocycles.